The summed E-state index contributed by atoms with van der Waals surface area (Å²) >= 11 is 0. The molecule has 2 bridgehead atoms. The Morgan fingerprint density at radius 2 is 2.07 bits per heavy atom. The molecule has 1 unspecified atom stereocenters. The van der Waals surface area contributed by atoms with Gasteiger partial charge in [-0.25, -0.2) is 14.4 Å². The van der Waals surface area contributed by atoms with Crippen molar-refractivity contribution in [3.63, 3.8) is 0 Å². The van der Waals surface area contributed by atoms with E-state index in [0.717, 1.165) is 37.7 Å². The fourth-order valence-corrected chi connectivity index (χ4v) is 7.44. The van der Waals surface area contributed by atoms with E-state index in [1.807, 2.05) is 12.1 Å². The van der Waals surface area contributed by atoms with E-state index in [1.54, 1.807) is 18.2 Å². The topological polar surface area (TPSA) is 92.0 Å². The second kappa shape index (κ2) is 11.3. The standard InChI is InChI=1S/C33H42FN5O3/c1-20-27-14-22(33(27,2)3)15-29(20)37-32(38-12-5-6-24(40)18-38)36-23-8-10-26-30(16-23)35-19-39(31(26)41)13-11-21-7-9-25(42-4)17-28(21)34/h7-10,16-17,19-20,22,24,27,29,40H,5-6,11-15,18H2,1-4H3,(H,36,37)/t20-,22-,24?,27-,29+/m1/s1. The molecule has 7 rings (SSSR count). The van der Waals surface area contributed by atoms with Crippen LogP contribution in [-0.2, 0) is 13.0 Å². The van der Waals surface area contributed by atoms with Crippen LogP contribution in [0.2, 0.25) is 0 Å². The van der Waals surface area contributed by atoms with Crippen LogP contribution in [0.4, 0.5) is 10.1 Å². The molecule has 1 saturated heterocycles. The number of nitrogens with zero attached hydrogens (tertiary/aromatic N) is 4. The number of aliphatic hydroxyl groups is 1. The van der Waals surface area contributed by atoms with Gasteiger partial charge in [-0.1, -0.05) is 26.8 Å². The lowest BCUT2D eigenvalue weighted by Crippen LogP contribution is -2.62. The molecule has 0 amide bonds. The van der Waals surface area contributed by atoms with Crippen LogP contribution in [0.15, 0.2) is 52.5 Å². The summed E-state index contributed by atoms with van der Waals surface area (Å²) in [5, 5.41) is 14.7. The highest BCUT2D eigenvalue weighted by molar-refractivity contribution is 5.86. The molecule has 3 aliphatic carbocycles. The van der Waals surface area contributed by atoms with Crippen molar-refractivity contribution < 1.29 is 14.2 Å². The van der Waals surface area contributed by atoms with Gasteiger partial charge in [0.25, 0.3) is 5.56 Å². The van der Waals surface area contributed by atoms with Gasteiger partial charge in [0.05, 0.1) is 36.1 Å². The number of ether oxygens (including phenoxy) is 1. The molecular weight excluding hydrogens is 533 g/mol. The maximum Gasteiger partial charge on any atom is 0.261 e. The lowest BCUT2D eigenvalue weighted by atomic mass is 9.45. The first-order valence-electron chi connectivity index (χ1n) is 15.2. The third-order valence-electron chi connectivity index (χ3n) is 10.3. The Morgan fingerprint density at radius 3 is 2.79 bits per heavy atom. The van der Waals surface area contributed by atoms with Crippen LogP contribution >= 0.6 is 0 Å². The van der Waals surface area contributed by atoms with E-state index in [-0.39, 0.29) is 17.5 Å². The van der Waals surface area contributed by atoms with Crippen molar-refractivity contribution in [3.8, 4) is 5.75 Å². The second-order valence-electron chi connectivity index (χ2n) is 13.0. The molecule has 2 N–H and O–H groups in total. The monoisotopic (exact) mass is 575 g/mol. The lowest BCUT2D eigenvalue weighted by Gasteiger charge is -2.62. The first kappa shape index (κ1) is 28.6. The Balaban J connectivity index is 1.24. The number of benzene rings is 2. The summed E-state index contributed by atoms with van der Waals surface area (Å²) in [6.07, 6.45) is 5.67. The molecule has 3 saturated carbocycles. The van der Waals surface area contributed by atoms with Crippen molar-refractivity contribution in [2.45, 2.75) is 71.6 Å². The van der Waals surface area contributed by atoms with Gasteiger partial charge in [-0.15, -0.1) is 0 Å². The van der Waals surface area contributed by atoms with Gasteiger partial charge in [-0.05, 0) is 85.1 Å². The van der Waals surface area contributed by atoms with Gasteiger partial charge >= 0.3 is 0 Å². The molecule has 5 atom stereocenters. The number of nitrogens with one attached hydrogen (secondary N) is 1. The zero-order valence-corrected chi connectivity index (χ0v) is 25.0. The minimum atomic E-state index is -0.370. The van der Waals surface area contributed by atoms with Crippen LogP contribution in [0.25, 0.3) is 10.9 Å². The number of halogens is 1. The van der Waals surface area contributed by atoms with Crippen molar-refractivity contribution >= 4 is 22.5 Å². The van der Waals surface area contributed by atoms with E-state index in [0.29, 0.717) is 70.7 Å². The molecule has 8 nitrogen and oxygen atoms in total. The normalized spacial score (nSPS) is 27.0. The molecule has 3 aromatic rings. The van der Waals surface area contributed by atoms with Crippen molar-refractivity contribution in [2.75, 3.05) is 20.2 Å². The molecule has 2 aromatic carbocycles. The number of aliphatic imine (C=N–C) groups is 1. The van der Waals surface area contributed by atoms with Gasteiger partial charge in [0.2, 0.25) is 0 Å². The lowest BCUT2D eigenvalue weighted by molar-refractivity contribution is -0.112. The van der Waals surface area contributed by atoms with E-state index in [1.165, 1.54) is 30.5 Å². The molecule has 1 aliphatic heterocycles. The quantitative estimate of drug-likeness (QED) is 0.321. The number of methoxy groups -OCH3 is 1. The molecule has 9 heteroatoms. The van der Waals surface area contributed by atoms with Gasteiger partial charge in [0.1, 0.15) is 11.6 Å². The molecule has 4 aliphatic rings. The number of aliphatic hydroxyl groups excluding tert-OH is 1. The largest absolute Gasteiger partial charge is 0.497 e. The maximum absolute atomic E-state index is 14.4. The van der Waals surface area contributed by atoms with E-state index < -0.39 is 0 Å². The molecule has 1 aromatic heterocycles. The molecule has 0 radical (unpaired) electrons. The number of fused-ring (bicyclic) bond motifs is 3. The number of aromatic nitrogens is 2. The first-order chi connectivity index (χ1) is 20.1. The van der Waals surface area contributed by atoms with E-state index in [9.17, 15) is 14.3 Å². The van der Waals surface area contributed by atoms with Gasteiger partial charge < -0.3 is 20.1 Å². The molecule has 224 valence electrons. The van der Waals surface area contributed by atoms with E-state index >= 15 is 0 Å². The highest BCUT2D eigenvalue weighted by atomic mass is 19.1. The van der Waals surface area contributed by atoms with Crippen LogP contribution in [-0.4, -0.2) is 57.9 Å². The Labute approximate surface area is 246 Å². The Bertz CT molecular complexity index is 1550. The summed E-state index contributed by atoms with van der Waals surface area (Å²) in [5.74, 6) is 2.86. The second-order valence-corrected chi connectivity index (χ2v) is 13.0. The van der Waals surface area contributed by atoms with Crippen LogP contribution in [0.1, 0.15) is 52.0 Å². The number of rotatable bonds is 6. The predicted molar refractivity (Wildman–Crippen MR) is 163 cm³/mol. The SMILES string of the molecule is COc1ccc(CCn2cnc3cc(N=C(N[C@H]4C[C@H]5C[C@H]([C@H]4C)C5(C)C)N4CCCC(O)C4)ccc3c2=O)c(F)c1. The van der Waals surface area contributed by atoms with E-state index in [2.05, 4.69) is 36.0 Å². The fraction of sp³-hybridized carbons (Fsp3) is 0.545. The summed E-state index contributed by atoms with van der Waals surface area (Å²) in [7, 11) is 1.50. The molecular formula is C33H42FN5O3. The first-order valence-corrected chi connectivity index (χ1v) is 15.2. The molecule has 0 spiro atoms. The summed E-state index contributed by atoms with van der Waals surface area (Å²) < 4.78 is 21.0. The number of likely N-dealkylation sites (tertiary alicyclic amines) is 1. The summed E-state index contributed by atoms with van der Waals surface area (Å²) in [6.45, 7) is 8.87. The van der Waals surface area contributed by atoms with Crippen molar-refractivity contribution in [3.05, 3.63) is 64.5 Å². The highest BCUT2D eigenvalue weighted by Crippen LogP contribution is 2.61. The summed E-state index contributed by atoms with van der Waals surface area (Å²) in [5.41, 5.74) is 2.03. The summed E-state index contributed by atoms with van der Waals surface area (Å²) in [4.78, 5) is 25.0. The Kier molecular flexibility index (Phi) is 7.72. The number of hydrogen-bond acceptors (Lipinski definition) is 5. The van der Waals surface area contributed by atoms with Crippen molar-refractivity contribution in [1.29, 1.82) is 0 Å². The Morgan fingerprint density at radius 1 is 1.24 bits per heavy atom. The fourth-order valence-electron chi connectivity index (χ4n) is 7.44. The minimum absolute atomic E-state index is 0.167. The van der Waals surface area contributed by atoms with Crippen LogP contribution < -0.4 is 15.6 Å². The Hall–Kier alpha value is -3.46. The zero-order valence-electron chi connectivity index (χ0n) is 25.0. The van der Waals surface area contributed by atoms with Crippen LogP contribution in [0.3, 0.4) is 0 Å². The number of β-amino-alcohol motifs (C(OH)–C–C–N with tert-alkyl or cyclic N) is 1. The smallest absolute Gasteiger partial charge is 0.261 e. The van der Waals surface area contributed by atoms with Gasteiger partial charge in [0.15, 0.2) is 5.96 Å². The maximum atomic E-state index is 14.4. The highest BCUT2D eigenvalue weighted by Gasteiger charge is 2.56. The third-order valence-corrected chi connectivity index (χ3v) is 10.3. The van der Waals surface area contributed by atoms with Gasteiger partial charge in [-0.2, -0.15) is 0 Å². The van der Waals surface area contributed by atoms with Crippen molar-refractivity contribution in [2.24, 2.45) is 28.2 Å². The van der Waals surface area contributed by atoms with Crippen LogP contribution in [0.5, 0.6) is 5.75 Å². The van der Waals surface area contributed by atoms with Crippen molar-refractivity contribution in [1.82, 2.24) is 19.8 Å². The summed E-state index contributed by atoms with van der Waals surface area (Å²) in [6, 6.07) is 10.6. The number of aryl methyl sites for hydroxylation is 2. The molecule has 4 fully saturated rings. The minimum Gasteiger partial charge on any atom is -0.497 e. The zero-order chi connectivity index (χ0) is 29.6. The van der Waals surface area contributed by atoms with E-state index in [4.69, 9.17) is 9.73 Å². The number of piperidine rings is 1. The number of guanidine groups is 1. The predicted octanol–water partition coefficient (Wildman–Crippen LogP) is 4.89. The molecule has 42 heavy (non-hydrogen) atoms. The van der Waals surface area contributed by atoms with Gasteiger partial charge in [-0.3, -0.25) is 9.36 Å². The average Bonchev–Trinajstić information content (AvgIpc) is 2.97. The van der Waals surface area contributed by atoms with Gasteiger partial charge in [0, 0.05) is 31.7 Å². The average molecular weight is 576 g/mol. The number of hydrogen-bond donors (Lipinski definition) is 2. The van der Waals surface area contributed by atoms with Crippen LogP contribution in [0, 0.1) is 29.0 Å². The third kappa shape index (κ3) is 5.39. The molecule has 2 heterocycles.